The quantitative estimate of drug-likeness (QED) is 0.809. The summed E-state index contributed by atoms with van der Waals surface area (Å²) in [5, 5.41) is 0. The summed E-state index contributed by atoms with van der Waals surface area (Å²) in [5.74, 6) is 0.878. The number of rotatable bonds is 5. The molecular weight excluding hydrogens is 350 g/mol. The standard InChI is InChI=1S/C16H19NO5S2/c1-3-14-4-5-16(23-14)24(19,20)17-7-6-12(10-17)22-13-8-11(2)21-15(18)9-13/h4-5,8-9,12H,3,6-7,10H2,1-2H3. The molecule has 0 bridgehead atoms. The number of hydrogen-bond donors (Lipinski definition) is 0. The summed E-state index contributed by atoms with van der Waals surface area (Å²) in [6.45, 7) is 4.36. The summed E-state index contributed by atoms with van der Waals surface area (Å²) >= 11 is 1.31. The number of thiophene rings is 1. The Balaban J connectivity index is 1.71. The summed E-state index contributed by atoms with van der Waals surface area (Å²) in [7, 11) is -3.48. The van der Waals surface area contributed by atoms with E-state index in [1.165, 1.54) is 21.7 Å². The van der Waals surface area contributed by atoms with Crippen LogP contribution in [0.4, 0.5) is 0 Å². The molecule has 2 aromatic rings. The predicted molar refractivity (Wildman–Crippen MR) is 91.2 cm³/mol. The predicted octanol–water partition coefficient (Wildman–Crippen LogP) is 2.41. The van der Waals surface area contributed by atoms with Crippen molar-refractivity contribution in [1.29, 1.82) is 0 Å². The van der Waals surface area contributed by atoms with Gasteiger partial charge in [-0.25, -0.2) is 13.2 Å². The average Bonchev–Trinajstić information content (AvgIpc) is 3.15. The van der Waals surface area contributed by atoms with Gasteiger partial charge in [0, 0.05) is 17.5 Å². The van der Waals surface area contributed by atoms with E-state index in [1.807, 2.05) is 13.0 Å². The van der Waals surface area contributed by atoms with Crippen LogP contribution in [0.3, 0.4) is 0 Å². The van der Waals surface area contributed by atoms with Gasteiger partial charge in [0.25, 0.3) is 10.0 Å². The minimum absolute atomic E-state index is 0.272. The van der Waals surface area contributed by atoms with Crippen LogP contribution in [0.25, 0.3) is 0 Å². The number of ether oxygens (including phenoxy) is 1. The van der Waals surface area contributed by atoms with Crippen molar-refractivity contribution in [1.82, 2.24) is 4.31 Å². The van der Waals surface area contributed by atoms with Gasteiger partial charge in [-0.2, -0.15) is 4.31 Å². The van der Waals surface area contributed by atoms with Crippen molar-refractivity contribution in [3.05, 3.63) is 45.3 Å². The van der Waals surface area contributed by atoms with E-state index in [-0.39, 0.29) is 12.6 Å². The van der Waals surface area contributed by atoms with E-state index in [2.05, 4.69) is 0 Å². The Kier molecular flexibility index (Phi) is 4.80. The second-order valence-corrected chi connectivity index (χ2v) is 9.02. The molecule has 1 atom stereocenters. The average molecular weight is 369 g/mol. The molecule has 130 valence electrons. The third-order valence-electron chi connectivity index (χ3n) is 3.86. The Morgan fingerprint density at radius 1 is 1.38 bits per heavy atom. The highest BCUT2D eigenvalue weighted by atomic mass is 32.2. The largest absolute Gasteiger partial charge is 0.489 e. The molecule has 0 amide bonds. The van der Waals surface area contributed by atoms with Gasteiger partial charge in [0.1, 0.15) is 21.8 Å². The molecule has 2 aromatic heterocycles. The molecule has 3 rings (SSSR count). The summed E-state index contributed by atoms with van der Waals surface area (Å²) < 4.78 is 37.8. The maximum atomic E-state index is 12.7. The van der Waals surface area contributed by atoms with E-state index < -0.39 is 15.6 Å². The van der Waals surface area contributed by atoms with E-state index in [4.69, 9.17) is 9.15 Å². The lowest BCUT2D eigenvalue weighted by Gasteiger charge is -2.16. The van der Waals surface area contributed by atoms with Crippen LogP contribution < -0.4 is 10.4 Å². The SMILES string of the molecule is CCc1ccc(S(=O)(=O)N2CCC(Oc3cc(C)oc(=O)c3)C2)s1. The molecule has 1 aliphatic heterocycles. The Hall–Kier alpha value is -1.64. The topological polar surface area (TPSA) is 76.8 Å². The van der Waals surface area contributed by atoms with Crippen molar-refractivity contribution < 1.29 is 17.6 Å². The molecule has 8 heteroatoms. The van der Waals surface area contributed by atoms with Crippen molar-refractivity contribution in [3.63, 3.8) is 0 Å². The Bertz CT molecular complexity index is 884. The van der Waals surface area contributed by atoms with Crippen molar-refractivity contribution >= 4 is 21.4 Å². The lowest BCUT2D eigenvalue weighted by atomic mass is 10.3. The first-order valence-corrected chi connectivity index (χ1v) is 10.0. The zero-order chi connectivity index (χ0) is 17.3. The summed E-state index contributed by atoms with van der Waals surface area (Å²) in [6.07, 6.45) is 1.14. The molecular formula is C16H19NO5S2. The maximum absolute atomic E-state index is 12.7. The molecule has 0 radical (unpaired) electrons. The van der Waals surface area contributed by atoms with Crippen LogP contribution in [0.5, 0.6) is 5.75 Å². The molecule has 3 heterocycles. The van der Waals surface area contributed by atoms with Gasteiger partial charge >= 0.3 is 5.63 Å². The van der Waals surface area contributed by atoms with Crippen LogP contribution in [0.1, 0.15) is 24.0 Å². The third kappa shape index (κ3) is 3.55. The van der Waals surface area contributed by atoms with Crippen molar-refractivity contribution in [2.24, 2.45) is 0 Å². The lowest BCUT2D eigenvalue weighted by molar-refractivity contribution is 0.213. The van der Waals surface area contributed by atoms with Gasteiger partial charge in [-0.1, -0.05) is 6.92 Å². The van der Waals surface area contributed by atoms with Crippen LogP contribution in [-0.2, 0) is 16.4 Å². The second-order valence-electron chi connectivity index (χ2n) is 5.69. The fourth-order valence-corrected chi connectivity index (χ4v) is 5.60. The van der Waals surface area contributed by atoms with Gasteiger partial charge < -0.3 is 9.15 Å². The summed E-state index contributed by atoms with van der Waals surface area (Å²) in [4.78, 5) is 12.4. The van der Waals surface area contributed by atoms with E-state index in [1.54, 1.807) is 19.1 Å². The van der Waals surface area contributed by atoms with Gasteiger partial charge in [-0.3, -0.25) is 0 Å². The summed E-state index contributed by atoms with van der Waals surface area (Å²) in [5.41, 5.74) is -0.474. The minimum Gasteiger partial charge on any atom is -0.489 e. The van der Waals surface area contributed by atoms with Crippen molar-refractivity contribution in [2.75, 3.05) is 13.1 Å². The molecule has 24 heavy (non-hydrogen) atoms. The van der Waals surface area contributed by atoms with Gasteiger partial charge in [0.15, 0.2) is 0 Å². The zero-order valence-corrected chi connectivity index (χ0v) is 15.2. The fourth-order valence-electron chi connectivity index (χ4n) is 2.66. The third-order valence-corrected chi connectivity index (χ3v) is 7.42. The highest BCUT2D eigenvalue weighted by Crippen LogP contribution is 2.28. The van der Waals surface area contributed by atoms with Crippen LogP contribution in [0.2, 0.25) is 0 Å². The molecule has 6 nitrogen and oxygen atoms in total. The van der Waals surface area contributed by atoms with Gasteiger partial charge in [0.05, 0.1) is 12.6 Å². The molecule has 1 fully saturated rings. The highest BCUT2D eigenvalue weighted by Gasteiger charge is 2.34. The van der Waals surface area contributed by atoms with Crippen LogP contribution in [-0.4, -0.2) is 31.9 Å². The Morgan fingerprint density at radius 2 is 2.17 bits per heavy atom. The first-order valence-electron chi connectivity index (χ1n) is 7.76. The number of sulfonamides is 1. The van der Waals surface area contributed by atoms with E-state index >= 15 is 0 Å². The Morgan fingerprint density at radius 3 is 2.83 bits per heavy atom. The normalized spacial score (nSPS) is 18.8. The highest BCUT2D eigenvalue weighted by molar-refractivity contribution is 7.91. The molecule has 0 N–H and O–H groups in total. The first kappa shape index (κ1) is 17.2. The van der Waals surface area contributed by atoms with Crippen LogP contribution >= 0.6 is 11.3 Å². The minimum atomic E-state index is -3.48. The molecule has 0 saturated carbocycles. The maximum Gasteiger partial charge on any atom is 0.339 e. The first-order chi connectivity index (χ1) is 11.4. The van der Waals surface area contributed by atoms with Gasteiger partial charge in [-0.15, -0.1) is 11.3 Å². The van der Waals surface area contributed by atoms with E-state index in [0.717, 1.165) is 11.3 Å². The van der Waals surface area contributed by atoms with E-state index in [9.17, 15) is 13.2 Å². The molecule has 1 unspecified atom stereocenters. The second kappa shape index (κ2) is 6.70. The number of hydrogen-bond acceptors (Lipinski definition) is 6. The molecule has 1 aliphatic rings. The van der Waals surface area contributed by atoms with Crippen molar-refractivity contribution in [3.8, 4) is 5.75 Å². The molecule has 0 spiro atoms. The number of aryl methyl sites for hydroxylation is 2. The van der Waals surface area contributed by atoms with Gasteiger partial charge in [0.2, 0.25) is 0 Å². The number of nitrogens with zero attached hydrogens (tertiary/aromatic N) is 1. The van der Waals surface area contributed by atoms with E-state index in [0.29, 0.717) is 28.7 Å². The summed E-state index contributed by atoms with van der Waals surface area (Å²) in [6, 6.07) is 6.43. The van der Waals surface area contributed by atoms with Crippen LogP contribution in [0.15, 0.2) is 37.7 Å². The van der Waals surface area contributed by atoms with Crippen molar-refractivity contribution in [2.45, 2.75) is 37.0 Å². The molecule has 1 saturated heterocycles. The lowest BCUT2D eigenvalue weighted by Crippen LogP contribution is -2.30. The Labute approximate surface area is 144 Å². The zero-order valence-electron chi connectivity index (χ0n) is 13.5. The fraction of sp³-hybridized carbons (Fsp3) is 0.438. The molecule has 0 aromatic carbocycles. The van der Waals surface area contributed by atoms with Gasteiger partial charge in [-0.05, 0) is 31.9 Å². The monoisotopic (exact) mass is 369 g/mol. The van der Waals surface area contributed by atoms with Crippen LogP contribution in [0, 0.1) is 6.92 Å². The smallest absolute Gasteiger partial charge is 0.339 e. The molecule has 0 aliphatic carbocycles.